The van der Waals surface area contributed by atoms with Gasteiger partial charge in [0.1, 0.15) is 0 Å². The van der Waals surface area contributed by atoms with E-state index in [-0.39, 0.29) is 23.1 Å². The Hall–Kier alpha value is -1.14. The van der Waals surface area contributed by atoms with E-state index in [0.29, 0.717) is 0 Å². The molecule has 0 aliphatic heterocycles. The van der Waals surface area contributed by atoms with Gasteiger partial charge in [0.2, 0.25) is 0 Å². The van der Waals surface area contributed by atoms with Gasteiger partial charge in [-0.3, -0.25) is 0 Å². The van der Waals surface area contributed by atoms with Crippen LogP contribution in [0.25, 0.3) is 0 Å². The maximum Gasteiger partial charge on any atom is 0.418 e. The number of methoxy groups -OCH3 is 1. The summed E-state index contributed by atoms with van der Waals surface area (Å²) in [6, 6.07) is 2.06. The van der Waals surface area contributed by atoms with Crippen molar-refractivity contribution >= 4 is 11.6 Å². The minimum absolute atomic E-state index is 0.0539. The third-order valence-electron chi connectivity index (χ3n) is 2.16. The van der Waals surface area contributed by atoms with E-state index in [1.54, 1.807) is 6.92 Å². The number of alkyl halides is 3. The molecule has 0 amide bonds. The molecule has 0 spiro atoms. The van der Waals surface area contributed by atoms with Gasteiger partial charge in [0.25, 0.3) is 0 Å². The SMILES string of the molecule is CCOc1cc(C(O)C(F)(F)F)cc(Cl)c1OC. The molecule has 0 heterocycles. The molecule has 1 unspecified atom stereocenters. The van der Waals surface area contributed by atoms with E-state index in [9.17, 15) is 13.2 Å². The second-order valence-corrected chi connectivity index (χ2v) is 3.82. The first-order valence-electron chi connectivity index (χ1n) is 5.06. The molecule has 0 radical (unpaired) electrons. The molecule has 1 atom stereocenters. The van der Waals surface area contributed by atoms with Crippen LogP contribution in [0.5, 0.6) is 11.5 Å². The van der Waals surface area contributed by atoms with Crippen molar-refractivity contribution in [1.82, 2.24) is 0 Å². The van der Waals surface area contributed by atoms with E-state index in [0.717, 1.165) is 12.1 Å². The monoisotopic (exact) mass is 284 g/mol. The third kappa shape index (κ3) is 3.20. The van der Waals surface area contributed by atoms with E-state index < -0.39 is 17.8 Å². The molecule has 18 heavy (non-hydrogen) atoms. The van der Waals surface area contributed by atoms with Crippen molar-refractivity contribution in [2.75, 3.05) is 13.7 Å². The summed E-state index contributed by atoms with van der Waals surface area (Å²) in [5.74, 6) is 0.197. The number of ether oxygens (including phenoxy) is 2. The van der Waals surface area contributed by atoms with Gasteiger partial charge in [-0.25, -0.2) is 0 Å². The van der Waals surface area contributed by atoms with Gasteiger partial charge in [-0.1, -0.05) is 11.6 Å². The number of benzene rings is 1. The Balaban J connectivity index is 3.24. The van der Waals surface area contributed by atoms with E-state index in [1.807, 2.05) is 0 Å². The molecule has 0 fully saturated rings. The number of hydrogen-bond donors (Lipinski definition) is 1. The zero-order valence-corrected chi connectivity index (χ0v) is 10.5. The summed E-state index contributed by atoms with van der Waals surface area (Å²) in [5.41, 5.74) is -0.392. The first kappa shape index (κ1) is 14.9. The van der Waals surface area contributed by atoms with Crippen LogP contribution in [-0.4, -0.2) is 25.0 Å². The quantitative estimate of drug-likeness (QED) is 0.921. The van der Waals surface area contributed by atoms with Crippen molar-refractivity contribution in [3.8, 4) is 11.5 Å². The highest BCUT2D eigenvalue weighted by Crippen LogP contribution is 2.41. The van der Waals surface area contributed by atoms with Gasteiger partial charge >= 0.3 is 6.18 Å². The van der Waals surface area contributed by atoms with Crippen LogP contribution >= 0.6 is 11.6 Å². The van der Waals surface area contributed by atoms with Crippen LogP contribution < -0.4 is 9.47 Å². The standard InChI is InChI=1S/C11H12ClF3O3/c1-3-18-8-5-6(10(16)11(13,14)15)4-7(12)9(8)17-2/h4-5,10,16H,3H2,1-2H3. The molecule has 3 nitrogen and oxygen atoms in total. The summed E-state index contributed by atoms with van der Waals surface area (Å²) in [4.78, 5) is 0. The summed E-state index contributed by atoms with van der Waals surface area (Å²) in [5, 5.41) is 9.10. The lowest BCUT2D eigenvalue weighted by Gasteiger charge is -2.18. The molecule has 7 heteroatoms. The van der Waals surface area contributed by atoms with Gasteiger partial charge in [-0.05, 0) is 24.6 Å². The number of aliphatic hydroxyl groups excluding tert-OH is 1. The van der Waals surface area contributed by atoms with E-state index >= 15 is 0 Å². The Labute approximate surface area is 107 Å². The average Bonchev–Trinajstić information content (AvgIpc) is 2.26. The van der Waals surface area contributed by atoms with Crippen LogP contribution in [0.15, 0.2) is 12.1 Å². The van der Waals surface area contributed by atoms with Crippen LogP contribution in [-0.2, 0) is 0 Å². The first-order chi connectivity index (χ1) is 8.31. The van der Waals surface area contributed by atoms with Gasteiger partial charge < -0.3 is 14.6 Å². The van der Waals surface area contributed by atoms with Crippen molar-refractivity contribution in [3.05, 3.63) is 22.7 Å². The number of aliphatic hydroxyl groups is 1. The molecule has 0 aliphatic carbocycles. The molecule has 1 N–H and O–H groups in total. The van der Waals surface area contributed by atoms with Crippen molar-refractivity contribution < 1.29 is 27.8 Å². The minimum Gasteiger partial charge on any atom is -0.491 e. The normalized spacial score (nSPS) is 13.3. The van der Waals surface area contributed by atoms with Crippen molar-refractivity contribution in [1.29, 1.82) is 0 Å². The average molecular weight is 285 g/mol. The van der Waals surface area contributed by atoms with Crippen LogP contribution in [0.4, 0.5) is 13.2 Å². The fourth-order valence-corrected chi connectivity index (χ4v) is 1.69. The van der Waals surface area contributed by atoms with Gasteiger partial charge in [0.05, 0.1) is 18.7 Å². The fraction of sp³-hybridized carbons (Fsp3) is 0.455. The topological polar surface area (TPSA) is 38.7 Å². The Morgan fingerprint density at radius 3 is 2.44 bits per heavy atom. The maximum absolute atomic E-state index is 12.4. The lowest BCUT2D eigenvalue weighted by molar-refractivity contribution is -0.206. The Morgan fingerprint density at radius 1 is 1.39 bits per heavy atom. The van der Waals surface area contributed by atoms with E-state index in [1.165, 1.54) is 7.11 Å². The van der Waals surface area contributed by atoms with Gasteiger partial charge in [0.15, 0.2) is 17.6 Å². The Kier molecular flexibility index (Phi) is 4.70. The predicted molar refractivity (Wildman–Crippen MR) is 60.2 cm³/mol. The Bertz CT molecular complexity index is 421. The largest absolute Gasteiger partial charge is 0.491 e. The van der Waals surface area contributed by atoms with Crippen LogP contribution in [0.2, 0.25) is 5.02 Å². The van der Waals surface area contributed by atoms with Gasteiger partial charge in [-0.15, -0.1) is 0 Å². The molecule has 1 aromatic carbocycles. The smallest absolute Gasteiger partial charge is 0.418 e. The van der Waals surface area contributed by atoms with Crippen LogP contribution in [0, 0.1) is 0 Å². The highest BCUT2D eigenvalue weighted by molar-refractivity contribution is 6.32. The highest BCUT2D eigenvalue weighted by Gasteiger charge is 2.40. The zero-order valence-electron chi connectivity index (χ0n) is 9.71. The van der Waals surface area contributed by atoms with Crippen molar-refractivity contribution in [2.24, 2.45) is 0 Å². The molecule has 0 saturated heterocycles. The first-order valence-corrected chi connectivity index (χ1v) is 5.44. The molecule has 0 bridgehead atoms. The fourth-order valence-electron chi connectivity index (χ4n) is 1.40. The zero-order chi connectivity index (χ0) is 13.9. The number of rotatable bonds is 4. The van der Waals surface area contributed by atoms with Crippen LogP contribution in [0.3, 0.4) is 0 Å². The summed E-state index contributed by atoms with van der Waals surface area (Å²) in [6.45, 7) is 1.90. The maximum atomic E-state index is 12.4. The molecular weight excluding hydrogens is 273 g/mol. The summed E-state index contributed by atoms with van der Waals surface area (Å²) in [7, 11) is 1.32. The lowest BCUT2D eigenvalue weighted by Crippen LogP contribution is -2.20. The lowest BCUT2D eigenvalue weighted by atomic mass is 10.1. The van der Waals surface area contributed by atoms with E-state index in [2.05, 4.69) is 0 Å². The Morgan fingerprint density at radius 2 is 2.00 bits per heavy atom. The second kappa shape index (κ2) is 5.67. The van der Waals surface area contributed by atoms with E-state index in [4.69, 9.17) is 26.2 Å². The molecule has 0 aromatic heterocycles. The second-order valence-electron chi connectivity index (χ2n) is 3.41. The molecule has 102 valence electrons. The summed E-state index contributed by atoms with van der Waals surface area (Å²) in [6.07, 6.45) is -7.37. The van der Waals surface area contributed by atoms with Crippen molar-refractivity contribution in [3.63, 3.8) is 0 Å². The van der Waals surface area contributed by atoms with Gasteiger partial charge in [-0.2, -0.15) is 13.2 Å². The predicted octanol–water partition coefficient (Wildman–Crippen LogP) is 3.34. The molecule has 1 rings (SSSR count). The molecule has 1 aromatic rings. The third-order valence-corrected chi connectivity index (χ3v) is 2.44. The minimum atomic E-state index is -4.76. The highest BCUT2D eigenvalue weighted by atomic mass is 35.5. The number of halogens is 4. The van der Waals surface area contributed by atoms with Crippen molar-refractivity contribution in [2.45, 2.75) is 19.2 Å². The molecule has 0 aliphatic rings. The summed E-state index contributed by atoms with van der Waals surface area (Å²) < 4.78 is 47.3. The summed E-state index contributed by atoms with van der Waals surface area (Å²) >= 11 is 5.78. The number of hydrogen-bond acceptors (Lipinski definition) is 3. The molecule has 0 saturated carbocycles. The molecular formula is C11H12ClF3O3. The van der Waals surface area contributed by atoms with Crippen LogP contribution in [0.1, 0.15) is 18.6 Å². The van der Waals surface area contributed by atoms with Gasteiger partial charge in [0, 0.05) is 0 Å².